The van der Waals surface area contributed by atoms with E-state index in [2.05, 4.69) is 15.6 Å². The summed E-state index contributed by atoms with van der Waals surface area (Å²) in [6, 6.07) is 11.5. The Morgan fingerprint density at radius 3 is 2.62 bits per heavy atom. The predicted molar refractivity (Wildman–Crippen MR) is 121 cm³/mol. The Kier molecular flexibility index (Phi) is 7.77. The number of benzene rings is 1. The number of anilines is 1. The number of hydrogen-bond donors (Lipinski definition) is 4. The van der Waals surface area contributed by atoms with Crippen LogP contribution < -0.4 is 22.1 Å². The van der Waals surface area contributed by atoms with Gasteiger partial charge in [0, 0.05) is 32.3 Å². The number of carbonyl (C=O) groups is 3. The average molecular weight is 439 g/mol. The first-order chi connectivity index (χ1) is 15.3. The van der Waals surface area contributed by atoms with Crippen molar-refractivity contribution in [3.8, 4) is 0 Å². The van der Waals surface area contributed by atoms with E-state index in [1.807, 2.05) is 30.3 Å². The van der Waals surface area contributed by atoms with Gasteiger partial charge in [0.05, 0.1) is 6.04 Å². The van der Waals surface area contributed by atoms with Gasteiger partial charge in [0.15, 0.2) is 0 Å². The van der Waals surface area contributed by atoms with Gasteiger partial charge in [-0.15, -0.1) is 0 Å². The van der Waals surface area contributed by atoms with Gasteiger partial charge in [-0.25, -0.2) is 4.98 Å². The largest absolute Gasteiger partial charge is 0.384 e. The van der Waals surface area contributed by atoms with Crippen molar-refractivity contribution in [2.45, 2.75) is 50.9 Å². The minimum atomic E-state index is -0.735. The Morgan fingerprint density at radius 2 is 1.94 bits per heavy atom. The number of nitrogens with zero attached hydrogens (tertiary/aromatic N) is 2. The predicted octanol–water partition coefficient (Wildman–Crippen LogP) is 0.346. The lowest BCUT2D eigenvalue weighted by Gasteiger charge is -2.26. The molecule has 3 unspecified atom stereocenters. The number of hydrogen-bond acceptors (Lipinski definition) is 6. The molecule has 0 aliphatic carbocycles. The Morgan fingerprint density at radius 1 is 1.19 bits per heavy atom. The first-order valence-electron chi connectivity index (χ1n) is 10.7. The molecule has 3 amide bonds. The molecule has 1 aliphatic rings. The van der Waals surface area contributed by atoms with E-state index >= 15 is 0 Å². The zero-order valence-corrected chi connectivity index (χ0v) is 18.2. The van der Waals surface area contributed by atoms with E-state index in [1.165, 1.54) is 11.8 Å². The second-order valence-corrected chi connectivity index (χ2v) is 8.08. The van der Waals surface area contributed by atoms with Crippen LogP contribution in [0.2, 0.25) is 0 Å². The number of aryl methyl sites for hydroxylation is 1. The van der Waals surface area contributed by atoms with Crippen LogP contribution in [0.25, 0.3) is 0 Å². The van der Waals surface area contributed by atoms with Gasteiger partial charge in [-0.2, -0.15) is 0 Å². The molecule has 2 aromatic rings. The maximum absolute atomic E-state index is 13.1. The Balaban J connectivity index is 1.65. The number of carbonyl (C=O) groups excluding carboxylic acids is 3. The highest BCUT2D eigenvalue weighted by molar-refractivity contribution is 5.90. The van der Waals surface area contributed by atoms with Crippen LogP contribution in [0, 0.1) is 0 Å². The van der Waals surface area contributed by atoms with Crippen LogP contribution >= 0.6 is 0 Å². The zero-order chi connectivity index (χ0) is 23.1. The summed E-state index contributed by atoms with van der Waals surface area (Å²) in [5.41, 5.74) is 13.8. The molecule has 1 saturated heterocycles. The van der Waals surface area contributed by atoms with Crippen LogP contribution in [-0.4, -0.2) is 52.3 Å². The van der Waals surface area contributed by atoms with Crippen LogP contribution in [0.15, 0.2) is 48.7 Å². The van der Waals surface area contributed by atoms with Crippen LogP contribution in [-0.2, 0) is 27.3 Å². The molecule has 0 radical (unpaired) electrons. The Labute approximate surface area is 187 Å². The standard InChI is InChI=1S/C23H30N6O3/c1-15(30)28-18-12-20(22(31)27-13-17-9-10-26-21(25)11-17)29(14-18)23(32)19(24)8-7-16-5-3-2-4-6-16/h2-6,9-11,18-20H,7-8,12-14,24H2,1H3,(H2,25,26)(H,27,31)(H,28,30). The fourth-order valence-corrected chi connectivity index (χ4v) is 3.93. The molecule has 6 N–H and O–H groups in total. The quantitative estimate of drug-likeness (QED) is 0.468. The van der Waals surface area contributed by atoms with E-state index in [0.717, 1.165) is 11.1 Å². The summed E-state index contributed by atoms with van der Waals surface area (Å²) in [5, 5.41) is 5.66. The molecule has 1 fully saturated rings. The monoisotopic (exact) mass is 438 g/mol. The fraction of sp³-hybridized carbons (Fsp3) is 0.391. The number of nitrogen functional groups attached to an aromatic ring is 1. The van der Waals surface area contributed by atoms with E-state index in [9.17, 15) is 14.4 Å². The fourth-order valence-electron chi connectivity index (χ4n) is 3.93. The minimum absolute atomic E-state index is 0.205. The molecule has 9 nitrogen and oxygen atoms in total. The second kappa shape index (κ2) is 10.7. The third-order valence-corrected chi connectivity index (χ3v) is 5.51. The highest BCUT2D eigenvalue weighted by atomic mass is 16.2. The summed E-state index contributed by atoms with van der Waals surface area (Å²) >= 11 is 0. The Hall–Kier alpha value is -3.46. The zero-order valence-electron chi connectivity index (χ0n) is 18.2. The number of nitrogens with one attached hydrogen (secondary N) is 2. The van der Waals surface area contributed by atoms with E-state index in [1.54, 1.807) is 18.3 Å². The summed E-state index contributed by atoms with van der Waals surface area (Å²) < 4.78 is 0. The average Bonchev–Trinajstić information content (AvgIpc) is 3.19. The normalized spacial score (nSPS) is 18.8. The molecule has 32 heavy (non-hydrogen) atoms. The van der Waals surface area contributed by atoms with E-state index < -0.39 is 12.1 Å². The third-order valence-electron chi connectivity index (χ3n) is 5.51. The molecule has 3 atom stereocenters. The molecule has 0 saturated carbocycles. The maximum Gasteiger partial charge on any atom is 0.243 e. The van der Waals surface area contributed by atoms with Gasteiger partial charge in [-0.1, -0.05) is 30.3 Å². The molecule has 170 valence electrons. The lowest BCUT2D eigenvalue weighted by molar-refractivity contribution is -0.139. The topological polar surface area (TPSA) is 143 Å². The lowest BCUT2D eigenvalue weighted by atomic mass is 10.0. The lowest BCUT2D eigenvalue weighted by Crippen LogP contribution is -2.51. The van der Waals surface area contributed by atoms with Crippen molar-refractivity contribution in [3.05, 3.63) is 59.8 Å². The second-order valence-electron chi connectivity index (χ2n) is 8.08. The Bertz CT molecular complexity index is 952. The molecule has 9 heteroatoms. The minimum Gasteiger partial charge on any atom is -0.384 e. The van der Waals surface area contributed by atoms with Gasteiger partial charge in [0.2, 0.25) is 17.7 Å². The van der Waals surface area contributed by atoms with Crippen molar-refractivity contribution in [1.29, 1.82) is 0 Å². The van der Waals surface area contributed by atoms with Crippen LogP contribution in [0.1, 0.15) is 30.9 Å². The van der Waals surface area contributed by atoms with E-state index in [4.69, 9.17) is 11.5 Å². The van der Waals surface area contributed by atoms with Crippen molar-refractivity contribution in [1.82, 2.24) is 20.5 Å². The summed E-state index contributed by atoms with van der Waals surface area (Å²) in [6.45, 7) is 1.92. The smallest absolute Gasteiger partial charge is 0.243 e. The van der Waals surface area contributed by atoms with E-state index in [0.29, 0.717) is 25.1 Å². The number of likely N-dealkylation sites (tertiary alicyclic amines) is 1. The first kappa shape index (κ1) is 23.2. The van der Waals surface area contributed by atoms with Gasteiger partial charge in [-0.3, -0.25) is 14.4 Å². The molecule has 1 aromatic heterocycles. The first-order valence-corrected chi connectivity index (χ1v) is 10.7. The SMILES string of the molecule is CC(=O)NC1CC(C(=O)NCc2ccnc(N)c2)N(C(=O)C(N)CCc2ccccc2)C1. The molecular weight excluding hydrogens is 408 g/mol. The van der Waals surface area contributed by atoms with Gasteiger partial charge in [0.1, 0.15) is 11.9 Å². The maximum atomic E-state index is 13.1. The van der Waals surface area contributed by atoms with Crippen LogP contribution in [0.4, 0.5) is 5.82 Å². The third kappa shape index (κ3) is 6.27. The number of pyridine rings is 1. The van der Waals surface area contributed by atoms with Crippen LogP contribution in [0.5, 0.6) is 0 Å². The number of nitrogens with two attached hydrogens (primary N) is 2. The van der Waals surface area contributed by atoms with Crippen molar-refractivity contribution in [2.24, 2.45) is 5.73 Å². The molecule has 1 aromatic carbocycles. The van der Waals surface area contributed by atoms with Crippen molar-refractivity contribution in [2.75, 3.05) is 12.3 Å². The van der Waals surface area contributed by atoms with Crippen molar-refractivity contribution >= 4 is 23.5 Å². The van der Waals surface area contributed by atoms with Gasteiger partial charge >= 0.3 is 0 Å². The van der Waals surface area contributed by atoms with E-state index in [-0.39, 0.29) is 36.9 Å². The molecule has 0 bridgehead atoms. The van der Waals surface area contributed by atoms with Crippen LogP contribution in [0.3, 0.4) is 0 Å². The van der Waals surface area contributed by atoms with Gasteiger partial charge in [-0.05, 0) is 42.5 Å². The molecule has 2 heterocycles. The summed E-state index contributed by atoms with van der Waals surface area (Å²) in [5.74, 6) is -0.424. The molecule has 0 spiro atoms. The molecule has 1 aliphatic heterocycles. The summed E-state index contributed by atoms with van der Waals surface area (Å²) in [4.78, 5) is 43.0. The summed E-state index contributed by atoms with van der Waals surface area (Å²) in [7, 11) is 0. The van der Waals surface area contributed by atoms with Gasteiger partial charge in [0.25, 0.3) is 0 Å². The highest BCUT2D eigenvalue weighted by Crippen LogP contribution is 2.20. The molecular formula is C23H30N6O3. The van der Waals surface area contributed by atoms with Gasteiger partial charge < -0.3 is 27.0 Å². The number of aromatic nitrogens is 1. The highest BCUT2D eigenvalue weighted by Gasteiger charge is 2.41. The molecule has 3 rings (SSSR count). The number of rotatable bonds is 8. The number of amides is 3. The van der Waals surface area contributed by atoms with Crippen molar-refractivity contribution in [3.63, 3.8) is 0 Å². The summed E-state index contributed by atoms with van der Waals surface area (Å²) in [6.07, 6.45) is 3.04. The van der Waals surface area contributed by atoms with Crippen molar-refractivity contribution < 1.29 is 14.4 Å².